The van der Waals surface area contributed by atoms with Gasteiger partial charge >= 0.3 is 0 Å². The van der Waals surface area contributed by atoms with Crippen LogP contribution in [0.5, 0.6) is 0 Å². The van der Waals surface area contributed by atoms with Gasteiger partial charge < -0.3 is 10.6 Å². The third kappa shape index (κ3) is 2.12. The lowest BCUT2D eigenvalue weighted by molar-refractivity contribution is -0.158. The number of nitrogen functional groups attached to an aromatic ring is 1. The second-order valence-corrected chi connectivity index (χ2v) is 8.70. The van der Waals surface area contributed by atoms with Gasteiger partial charge in [0, 0.05) is 18.8 Å². The molecule has 0 unspecified atom stereocenters. The number of carbonyl (C=O) groups excluding carboxylic acids is 1. The smallest absolute Gasteiger partial charge is 0.229 e. The summed E-state index contributed by atoms with van der Waals surface area (Å²) in [5, 5.41) is 0. The van der Waals surface area contributed by atoms with Crippen molar-refractivity contribution in [3.63, 3.8) is 0 Å². The third-order valence-corrected chi connectivity index (χ3v) is 7.02. The number of nitrogens with zero attached hydrogens (tertiary/aromatic N) is 1. The highest BCUT2D eigenvalue weighted by molar-refractivity contribution is 5.83. The number of benzene rings is 1. The Balaban J connectivity index is 1.41. The van der Waals surface area contributed by atoms with E-state index in [0.717, 1.165) is 43.0 Å². The molecule has 0 spiro atoms. The maximum absolute atomic E-state index is 13.4. The topological polar surface area (TPSA) is 46.3 Å². The predicted molar refractivity (Wildman–Crippen MR) is 90.6 cm³/mol. The molecular weight excluding hydrogens is 284 g/mol. The van der Waals surface area contributed by atoms with Crippen molar-refractivity contribution in [3.8, 4) is 0 Å². The van der Waals surface area contributed by atoms with Crippen molar-refractivity contribution in [2.75, 3.05) is 12.3 Å². The molecule has 23 heavy (non-hydrogen) atoms. The predicted octanol–water partition coefficient (Wildman–Crippen LogP) is 3.37. The molecule has 2 N–H and O–H groups in total. The molecule has 0 saturated heterocycles. The summed E-state index contributed by atoms with van der Waals surface area (Å²) in [6, 6.07) is 6.18. The summed E-state index contributed by atoms with van der Waals surface area (Å²) in [6.45, 7) is 1.65. The molecular formula is C20H26N2O. The quantitative estimate of drug-likeness (QED) is 0.808. The maximum atomic E-state index is 13.4. The number of hydrogen-bond acceptors (Lipinski definition) is 2. The summed E-state index contributed by atoms with van der Waals surface area (Å²) in [5.74, 6) is 2.96. The van der Waals surface area contributed by atoms with Gasteiger partial charge in [-0.2, -0.15) is 0 Å². The Morgan fingerprint density at radius 1 is 1.04 bits per heavy atom. The fourth-order valence-corrected chi connectivity index (χ4v) is 6.46. The number of anilines is 1. The molecule has 4 saturated carbocycles. The summed E-state index contributed by atoms with van der Waals surface area (Å²) in [6.07, 6.45) is 8.66. The van der Waals surface area contributed by atoms with E-state index >= 15 is 0 Å². The van der Waals surface area contributed by atoms with Crippen molar-refractivity contribution in [2.45, 2.75) is 51.5 Å². The van der Waals surface area contributed by atoms with Crippen LogP contribution in [-0.4, -0.2) is 17.4 Å². The molecule has 5 aliphatic rings. The SMILES string of the molecule is Nc1ccc2c(c1)CN(C(=O)C13CC4CC(CC(C4)C1)C3)CC2. The summed E-state index contributed by atoms with van der Waals surface area (Å²) in [4.78, 5) is 15.6. The van der Waals surface area contributed by atoms with Gasteiger partial charge in [0.05, 0.1) is 5.41 Å². The van der Waals surface area contributed by atoms with Crippen LogP contribution in [0.25, 0.3) is 0 Å². The van der Waals surface area contributed by atoms with Gasteiger partial charge in [-0.3, -0.25) is 4.79 Å². The molecule has 1 heterocycles. The van der Waals surface area contributed by atoms with Crippen LogP contribution < -0.4 is 5.73 Å². The van der Waals surface area contributed by atoms with E-state index in [1.165, 1.54) is 49.7 Å². The zero-order valence-electron chi connectivity index (χ0n) is 13.8. The van der Waals surface area contributed by atoms with Crippen molar-refractivity contribution in [1.29, 1.82) is 0 Å². The average molecular weight is 310 g/mol. The molecule has 122 valence electrons. The lowest BCUT2D eigenvalue weighted by atomic mass is 9.49. The summed E-state index contributed by atoms with van der Waals surface area (Å²) in [5.41, 5.74) is 9.38. The molecule has 1 amide bonds. The molecule has 1 aromatic rings. The second kappa shape index (κ2) is 4.75. The van der Waals surface area contributed by atoms with Crippen LogP contribution >= 0.6 is 0 Å². The molecule has 6 rings (SSSR count). The van der Waals surface area contributed by atoms with E-state index in [1.807, 2.05) is 6.07 Å². The summed E-state index contributed by atoms with van der Waals surface area (Å²) in [7, 11) is 0. The number of amides is 1. The van der Waals surface area contributed by atoms with Gasteiger partial charge in [-0.05, 0) is 86.0 Å². The minimum atomic E-state index is -0.00736. The Bertz CT molecular complexity index is 630. The van der Waals surface area contributed by atoms with Crippen molar-refractivity contribution >= 4 is 11.6 Å². The highest BCUT2D eigenvalue weighted by atomic mass is 16.2. The lowest BCUT2D eigenvalue weighted by Gasteiger charge is -2.56. The van der Waals surface area contributed by atoms with E-state index in [2.05, 4.69) is 17.0 Å². The van der Waals surface area contributed by atoms with Crippen LogP contribution in [0.4, 0.5) is 5.69 Å². The Morgan fingerprint density at radius 2 is 1.70 bits per heavy atom. The molecule has 4 fully saturated rings. The molecule has 4 aliphatic carbocycles. The number of fused-ring (bicyclic) bond motifs is 1. The zero-order chi connectivity index (χ0) is 15.6. The Morgan fingerprint density at radius 3 is 2.35 bits per heavy atom. The first-order valence-corrected chi connectivity index (χ1v) is 9.28. The van der Waals surface area contributed by atoms with Crippen LogP contribution in [0, 0.1) is 23.2 Å². The van der Waals surface area contributed by atoms with Crippen LogP contribution in [0.2, 0.25) is 0 Å². The normalized spacial score (nSPS) is 37.7. The highest BCUT2D eigenvalue weighted by Gasteiger charge is 2.55. The van der Waals surface area contributed by atoms with Gasteiger partial charge in [0.25, 0.3) is 0 Å². The summed E-state index contributed by atoms with van der Waals surface area (Å²) >= 11 is 0. The number of nitrogens with two attached hydrogens (primary N) is 1. The Labute approximate surface area is 138 Å². The van der Waals surface area contributed by atoms with E-state index in [1.54, 1.807) is 0 Å². The minimum absolute atomic E-state index is 0.00736. The van der Waals surface area contributed by atoms with E-state index in [4.69, 9.17) is 5.73 Å². The van der Waals surface area contributed by atoms with Crippen molar-refractivity contribution < 1.29 is 4.79 Å². The van der Waals surface area contributed by atoms with Crippen molar-refractivity contribution in [1.82, 2.24) is 4.90 Å². The van der Waals surface area contributed by atoms with E-state index in [-0.39, 0.29) is 5.41 Å². The monoisotopic (exact) mass is 310 g/mol. The molecule has 3 heteroatoms. The van der Waals surface area contributed by atoms with Gasteiger partial charge in [-0.25, -0.2) is 0 Å². The van der Waals surface area contributed by atoms with Gasteiger partial charge in [-0.15, -0.1) is 0 Å². The highest BCUT2D eigenvalue weighted by Crippen LogP contribution is 2.60. The lowest BCUT2D eigenvalue weighted by Crippen LogP contribution is -2.55. The minimum Gasteiger partial charge on any atom is -0.399 e. The zero-order valence-corrected chi connectivity index (χ0v) is 13.8. The molecule has 3 nitrogen and oxygen atoms in total. The van der Waals surface area contributed by atoms with Crippen LogP contribution in [-0.2, 0) is 17.8 Å². The van der Waals surface area contributed by atoms with E-state index < -0.39 is 0 Å². The first kappa shape index (κ1) is 13.9. The molecule has 1 aliphatic heterocycles. The number of hydrogen-bond donors (Lipinski definition) is 1. The van der Waals surface area contributed by atoms with Crippen LogP contribution in [0.1, 0.15) is 49.7 Å². The fourth-order valence-electron chi connectivity index (χ4n) is 6.46. The third-order valence-electron chi connectivity index (χ3n) is 7.02. The molecule has 0 atom stereocenters. The van der Waals surface area contributed by atoms with Gasteiger partial charge in [0.1, 0.15) is 0 Å². The molecule has 4 bridgehead atoms. The van der Waals surface area contributed by atoms with Gasteiger partial charge in [-0.1, -0.05) is 6.07 Å². The fraction of sp³-hybridized carbons (Fsp3) is 0.650. The standard InChI is InChI=1S/C20H26N2O/c21-18-2-1-16-3-4-22(12-17(16)8-18)19(23)20-9-13-5-14(10-20)7-15(6-13)11-20/h1-2,8,13-15H,3-7,9-12,21H2. The van der Waals surface area contributed by atoms with Crippen LogP contribution in [0.15, 0.2) is 18.2 Å². The van der Waals surface area contributed by atoms with Crippen molar-refractivity contribution in [3.05, 3.63) is 29.3 Å². The van der Waals surface area contributed by atoms with Gasteiger partial charge in [0.15, 0.2) is 0 Å². The first-order valence-electron chi connectivity index (χ1n) is 9.28. The molecule has 0 radical (unpaired) electrons. The van der Waals surface area contributed by atoms with Crippen LogP contribution in [0.3, 0.4) is 0 Å². The second-order valence-electron chi connectivity index (χ2n) is 8.70. The largest absolute Gasteiger partial charge is 0.399 e. The molecule has 1 aromatic carbocycles. The van der Waals surface area contributed by atoms with E-state index in [9.17, 15) is 4.79 Å². The summed E-state index contributed by atoms with van der Waals surface area (Å²) < 4.78 is 0. The Kier molecular flexibility index (Phi) is 2.87. The first-order chi connectivity index (χ1) is 11.1. The number of rotatable bonds is 1. The Hall–Kier alpha value is -1.51. The maximum Gasteiger partial charge on any atom is 0.229 e. The number of carbonyl (C=O) groups is 1. The van der Waals surface area contributed by atoms with Crippen molar-refractivity contribution in [2.24, 2.45) is 23.2 Å². The van der Waals surface area contributed by atoms with E-state index in [0.29, 0.717) is 5.91 Å². The molecule has 0 aromatic heterocycles. The van der Waals surface area contributed by atoms with Gasteiger partial charge in [0.2, 0.25) is 5.91 Å². The average Bonchev–Trinajstić information content (AvgIpc) is 2.52.